The van der Waals surface area contributed by atoms with Crippen LogP contribution < -0.4 is 16.0 Å². The normalized spacial score (nSPS) is 11.2. The van der Waals surface area contributed by atoms with Gasteiger partial charge in [-0.05, 0) is 37.1 Å². The fourth-order valence-corrected chi connectivity index (χ4v) is 3.01. The second-order valence-corrected chi connectivity index (χ2v) is 6.60. The Morgan fingerprint density at radius 3 is 2.48 bits per heavy atom. The summed E-state index contributed by atoms with van der Waals surface area (Å²) in [7, 11) is 1.81. The molecule has 3 N–H and O–H groups in total. The molecule has 0 aliphatic carbocycles. The van der Waals surface area contributed by atoms with E-state index < -0.39 is 0 Å². The molecule has 2 aromatic rings. The Labute approximate surface area is 154 Å². The highest BCUT2D eigenvalue weighted by molar-refractivity contribution is 7.99. The highest BCUT2D eigenvalue weighted by Crippen LogP contribution is 2.15. The molecule has 0 fully saturated rings. The van der Waals surface area contributed by atoms with Crippen molar-refractivity contribution < 1.29 is 0 Å². The van der Waals surface area contributed by atoms with E-state index in [1.165, 1.54) is 4.90 Å². The molecular weight excluding hydrogens is 330 g/mol. The van der Waals surface area contributed by atoms with Gasteiger partial charge in [0.1, 0.15) is 5.82 Å². The number of thioether (sulfide) groups is 1. The summed E-state index contributed by atoms with van der Waals surface area (Å²) in [6.45, 7) is 2.73. The number of aliphatic imine (C=N–C) groups is 1. The minimum absolute atomic E-state index is 0.867. The number of pyridine rings is 1. The van der Waals surface area contributed by atoms with Crippen LogP contribution in [-0.4, -0.2) is 43.4 Å². The quantitative estimate of drug-likeness (QED) is 0.264. The van der Waals surface area contributed by atoms with Crippen LogP contribution in [0.4, 0.5) is 5.82 Å². The molecule has 134 valence electrons. The van der Waals surface area contributed by atoms with Crippen molar-refractivity contribution >= 4 is 23.5 Å². The maximum absolute atomic E-state index is 4.26. The van der Waals surface area contributed by atoms with E-state index in [0.717, 1.165) is 50.0 Å². The maximum atomic E-state index is 4.26. The second-order valence-electron chi connectivity index (χ2n) is 5.44. The lowest BCUT2D eigenvalue weighted by molar-refractivity contribution is 0.715. The van der Waals surface area contributed by atoms with Gasteiger partial charge in [-0.3, -0.25) is 4.99 Å². The van der Waals surface area contributed by atoms with Crippen molar-refractivity contribution in [3.63, 3.8) is 0 Å². The van der Waals surface area contributed by atoms with Crippen LogP contribution in [0.25, 0.3) is 0 Å². The minimum Gasteiger partial charge on any atom is -0.370 e. The van der Waals surface area contributed by atoms with Crippen LogP contribution in [0.3, 0.4) is 0 Å². The summed E-state index contributed by atoms with van der Waals surface area (Å²) in [4.78, 5) is 9.80. The summed E-state index contributed by atoms with van der Waals surface area (Å²) in [5.74, 6) is 2.81. The third-order valence-electron chi connectivity index (χ3n) is 3.50. The third-order valence-corrected chi connectivity index (χ3v) is 4.51. The second kappa shape index (κ2) is 12.2. The highest BCUT2D eigenvalue weighted by Gasteiger charge is 1.98. The van der Waals surface area contributed by atoms with E-state index in [9.17, 15) is 0 Å². The molecule has 0 radical (unpaired) electrons. The molecule has 0 atom stereocenters. The Hall–Kier alpha value is -2.21. The van der Waals surface area contributed by atoms with Crippen molar-refractivity contribution in [1.29, 1.82) is 0 Å². The summed E-state index contributed by atoms with van der Waals surface area (Å²) >= 11 is 1.85. The Morgan fingerprint density at radius 1 is 0.960 bits per heavy atom. The Kier molecular flexibility index (Phi) is 9.33. The Bertz CT molecular complexity index is 604. The molecule has 1 aromatic carbocycles. The van der Waals surface area contributed by atoms with Gasteiger partial charge in [0.05, 0.1) is 0 Å². The van der Waals surface area contributed by atoms with Gasteiger partial charge in [0, 0.05) is 43.5 Å². The number of unbranched alkanes of at least 4 members (excludes halogenated alkanes) is 1. The van der Waals surface area contributed by atoms with E-state index in [4.69, 9.17) is 0 Å². The average Bonchev–Trinajstić information content (AvgIpc) is 2.67. The largest absolute Gasteiger partial charge is 0.370 e. The van der Waals surface area contributed by atoms with Crippen LogP contribution in [0.5, 0.6) is 0 Å². The summed E-state index contributed by atoms with van der Waals surface area (Å²) in [5.41, 5.74) is 0. The lowest BCUT2D eigenvalue weighted by Gasteiger charge is -2.12. The van der Waals surface area contributed by atoms with E-state index in [1.54, 1.807) is 6.20 Å². The molecule has 1 aromatic heterocycles. The number of aromatic nitrogens is 1. The first-order valence-corrected chi connectivity index (χ1v) is 9.64. The van der Waals surface area contributed by atoms with E-state index >= 15 is 0 Å². The van der Waals surface area contributed by atoms with Crippen molar-refractivity contribution in [2.75, 3.05) is 37.8 Å². The van der Waals surface area contributed by atoms with Crippen molar-refractivity contribution in [1.82, 2.24) is 15.6 Å². The number of hydrogen-bond acceptors (Lipinski definition) is 4. The molecule has 6 heteroatoms. The molecule has 0 aliphatic heterocycles. The summed E-state index contributed by atoms with van der Waals surface area (Å²) in [6, 6.07) is 16.3. The maximum Gasteiger partial charge on any atom is 0.191 e. The number of benzene rings is 1. The van der Waals surface area contributed by atoms with Crippen molar-refractivity contribution in [2.45, 2.75) is 17.7 Å². The number of rotatable bonds is 10. The molecule has 1 heterocycles. The van der Waals surface area contributed by atoms with Gasteiger partial charge in [0.15, 0.2) is 5.96 Å². The van der Waals surface area contributed by atoms with Gasteiger partial charge in [0.25, 0.3) is 0 Å². The van der Waals surface area contributed by atoms with Crippen molar-refractivity contribution in [3.05, 3.63) is 54.7 Å². The van der Waals surface area contributed by atoms with E-state index in [1.807, 2.05) is 43.1 Å². The van der Waals surface area contributed by atoms with E-state index in [0.29, 0.717) is 0 Å². The zero-order chi connectivity index (χ0) is 17.6. The summed E-state index contributed by atoms with van der Waals surface area (Å²) in [6.07, 6.45) is 3.97. The predicted molar refractivity (Wildman–Crippen MR) is 108 cm³/mol. The van der Waals surface area contributed by atoms with Gasteiger partial charge < -0.3 is 16.0 Å². The van der Waals surface area contributed by atoms with Gasteiger partial charge in [0.2, 0.25) is 0 Å². The van der Waals surface area contributed by atoms with Crippen LogP contribution in [0.15, 0.2) is 64.6 Å². The summed E-state index contributed by atoms with van der Waals surface area (Å²) in [5, 5.41) is 10.0. The van der Waals surface area contributed by atoms with Crippen molar-refractivity contribution in [3.8, 4) is 0 Å². The molecule has 0 saturated carbocycles. The summed E-state index contributed by atoms with van der Waals surface area (Å²) < 4.78 is 0. The molecule has 5 nitrogen and oxygen atoms in total. The van der Waals surface area contributed by atoms with Gasteiger partial charge in [-0.2, -0.15) is 0 Å². The lowest BCUT2D eigenvalue weighted by Crippen LogP contribution is -2.38. The van der Waals surface area contributed by atoms with Crippen molar-refractivity contribution in [2.24, 2.45) is 4.99 Å². The van der Waals surface area contributed by atoms with E-state index in [-0.39, 0.29) is 0 Å². The average molecular weight is 358 g/mol. The molecule has 0 bridgehead atoms. The van der Waals surface area contributed by atoms with E-state index in [2.05, 4.69) is 50.2 Å². The molecule has 0 spiro atoms. The fourth-order valence-electron chi connectivity index (χ4n) is 2.22. The number of guanidine groups is 1. The predicted octanol–water partition coefficient (Wildman–Crippen LogP) is 3.23. The lowest BCUT2D eigenvalue weighted by atomic mass is 10.3. The zero-order valence-electron chi connectivity index (χ0n) is 14.7. The van der Waals surface area contributed by atoms with Gasteiger partial charge in [-0.15, -0.1) is 11.8 Å². The molecular formula is C19H27N5S. The number of nitrogens with one attached hydrogen (secondary N) is 3. The standard InChI is InChI=1S/C19H27N5S/c1-20-19(24-15-16-25-17-9-3-2-4-10-17)23-14-8-7-13-22-18-11-5-6-12-21-18/h2-6,9-12H,7-8,13-16H2,1H3,(H,21,22)(H2,20,23,24). The van der Waals surface area contributed by atoms with Crippen LogP contribution in [-0.2, 0) is 0 Å². The Morgan fingerprint density at radius 2 is 1.72 bits per heavy atom. The molecule has 25 heavy (non-hydrogen) atoms. The van der Waals surface area contributed by atoms with Gasteiger partial charge in [-0.1, -0.05) is 24.3 Å². The zero-order valence-corrected chi connectivity index (χ0v) is 15.6. The first-order chi connectivity index (χ1) is 12.4. The van der Waals surface area contributed by atoms with Crippen LogP contribution in [0, 0.1) is 0 Å². The number of anilines is 1. The first-order valence-electron chi connectivity index (χ1n) is 8.66. The fraction of sp³-hybridized carbons (Fsp3) is 0.368. The molecule has 0 unspecified atom stereocenters. The van der Waals surface area contributed by atoms with Crippen LogP contribution >= 0.6 is 11.8 Å². The first kappa shape index (κ1) is 19.1. The van der Waals surface area contributed by atoms with Gasteiger partial charge in [-0.25, -0.2) is 4.98 Å². The van der Waals surface area contributed by atoms with Gasteiger partial charge >= 0.3 is 0 Å². The highest BCUT2D eigenvalue weighted by atomic mass is 32.2. The SMILES string of the molecule is CN=C(NCCCCNc1ccccn1)NCCSc1ccccc1. The minimum atomic E-state index is 0.867. The third kappa shape index (κ3) is 8.44. The number of nitrogens with zero attached hydrogens (tertiary/aromatic N) is 2. The topological polar surface area (TPSA) is 61.3 Å². The number of hydrogen-bond donors (Lipinski definition) is 3. The van der Waals surface area contributed by atoms with Crippen LogP contribution in [0.1, 0.15) is 12.8 Å². The smallest absolute Gasteiger partial charge is 0.191 e. The van der Waals surface area contributed by atoms with Crippen LogP contribution in [0.2, 0.25) is 0 Å². The molecule has 0 amide bonds. The Balaban J connectivity index is 1.49. The monoisotopic (exact) mass is 357 g/mol. The molecule has 2 rings (SSSR count). The molecule has 0 aliphatic rings. The molecule has 0 saturated heterocycles.